The number of nitrogens with zero attached hydrogens (tertiary/aromatic N) is 3. The van der Waals surface area contributed by atoms with E-state index in [1.54, 1.807) is 41.0 Å². The summed E-state index contributed by atoms with van der Waals surface area (Å²) in [4.78, 5) is 31.8. The summed E-state index contributed by atoms with van der Waals surface area (Å²) in [5.41, 5.74) is 6.57. The molecule has 3 aromatic rings. The Hall–Kier alpha value is -2.55. The van der Waals surface area contributed by atoms with Crippen LogP contribution in [-0.2, 0) is 4.79 Å². The standard InChI is InChI=1S/C17H13Cl2N5O2S/c18-10-3-5-11(6-4-10)24-13(20)8-14(25)23-17(24)27-9-15(26)22-12-2-1-7-21-16(12)19/h1-8H,9,20H2,(H,22,26). The van der Waals surface area contributed by atoms with Crippen molar-refractivity contribution in [2.24, 2.45) is 0 Å². The number of hydrogen-bond acceptors (Lipinski definition) is 6. The van der Waals surface area contributed by atoms with Gasteiger partial charge in [-0.2, -0.15) is 4.98 Å². The maximum absolute atomic E-state index is 12.2. The number of aromatic nitrogens is 3. The molecule has 0 unspecified atom stereocenters. The number of carbonyl (C=O) groups is 1. The Morgan fingerprint density at radius 1 is 1.22 bits per heavy atom. The van der Waals surface area contributed by atoms with Crippen molar-refractivity contribution in [3.8, 4) is 5.69 Å². The molecule has 0 fully saturated rings. The van der Waals surface area contributed by atoms with Crippen LogP contribution >= 0.6 is 35.0 Å². The van der Waals surface area contributed by atoms with Crippen LogP contribution < -0.4 is 16.6 Å². The van der Waals surface area contributed by atoms with Crippen molar-refractivity contribution in [3.63, 3.8) is 0 Å². The Labute approximate surface area is 168 Å². The van der Waals surface area contributed by atoms with Crippen LogP contribution in [0, 0.1) is 0 Å². The Morgan fingerprint density at radius 2 is 1.96 bits per heavy atom. The number of thioether (sulfide) groups is 1. The number of carbonyl (C=O) groups excluding carboxylic acids is 1. The second kappa shape index (κ2) is 8.43. The number of rotatable bonds is 5. The van der Waals surface area contributed by atoms with Gasteiger partial charge in [0.1, 0.15) is 5.82 Å². The first kappa shape index (κ1) is 19.2. The van der Waals surface area contributed by atoms with Crippen LogP contribution in [0.4, 0.5) is 11.5 Å². The van der Waals surface area contributed by atoms with Crippen LogP contribution in [0.25, 0.3) is 5.69 Å². The van der Waals surface area contributed by atoms with Gasteiger partial charge in [-0.1, -0.05) is 35.0 Å². The molecule has 3 N–H and O–H groups in total. The topological polar surface area (TPSA) is 103 Å². The predicted octanol–water partition coefficient (Wildman–Crippen LogP) is 3.25. The van der Waals surface area contributed by atoms with Gasteiger partial charge in [-0.3, -0.25) is 14.2 Å². The monoisotopic (exact) mass is 421 g/mol. The van der Waals surface area contributed by atoms with Gasteiger partial charge in [0.2, 0.25) is 5.91 Å². The van der Waals surface area contributed by atoms with E-state index in [0.29, 0.717) is 16.4 Å². The average molecular weight is 422 g/mol. The summed E-state index contributed by atoms with van der Waals surface area (Å²) in [6.07, 6.45) is 1.52. The van der Waals surface area contributed by atoms with Crippen LogP contribution in [0.15, 0.2) is 58.6 Å². The second-order valence-electron chi connectivity index (χ2n) is 5.29. The molecule has 138 valence electrons. The van der Waals surface area contributed by atoms with Gasteiger partial charge >= 0.3 is 0 Å². The zero-order valence-corrected chi connectivity index (χ0v) is 16.1. The lowest BCUT2D eigenvalue weighted by Crippen LogP contribution is -2.19. The van der Waals surface area contributed by atoms with E-state index in [-0.39, 0.29) is 27.8 Å². The largest absolute Gasteiger partial charge is 0.385 e. The molecule has 2 aromatic heterocycles. The molecule has 1 amide bonds. The van der Waals surface area contributed by atoms with Gasteiger partial charge in [-0.25, -0.2) is 4.98 Å². The highest BCUT2D eigenvalue weighted by Gasteiger charge is 2.13. The predicted molar refractivity (Wildman–Crippen MR) is 108 cm³/mol. The van der Waals surface area contributed by atoms with E-state index in [4.69, 9.17) is 28.9 Å². The fourth-order valence-electron chi connectivity index (χ4n) is 2.22. The number of amides is 1. The van der Waals surface area contributed by atoms with E-state index >= 15 is 0 Å². The summed E-state index contributed by atoms with van der Waals surface area (Å²) < 4.78 is 1.58. The maximum Gasteiger partial charge on any atom is 0.275 e. The molecule has 3 rings (SSSR count). The van der Waals surface area contributed by atoms with Crippen molar-refractivity contribution in [1.29, 1.82) is 0 Å². The zero-order valence-electron chi connectivity index (χ0n) is 13.7. The molecule has 10 heteroatoms. The first-order chi connectivity index (χ1) is 12.9. The molecular formula is C17H13Cl2N5O2S. The van der Waals surface area contributed by atoms with Gasteiger partial charge in [0.15, 0.2) is 10.3 Å². The van der Waals surface area contributed by atoms with Gasteiger partial charge in [-0.15, -0.1) is 0 Å². The molecule has 0 aliphatic heterocycles. The van der Waals surface area contributed by atoms with Crippen LogP contribution in [-0.4, -0.2) is 26.2 Å². The zero-order chi connectivity index (χ0) is 19.4. The summed E-state index contributed by atoms with van der Waals surface area (Å²) >= 11 is 12.9. The third kappa shape index (κ3) is 4.79. The Morgan fingerprint density at radius 3 is 2.67 bits per heavy atom. The van der Waals surface area contributed by atoms with Crippen molar-refractivity contribution in [1.82, 2.24) is 14.5 Å². The third-order valence-corrected chi connectivity index (χ3v) is 4.87. The van der Waals surface area contributed by atoms with Crippen molar-refractivity contribution >= 4 is 52.4 Å². The van der Waals surface area contributed by atoms with E-state index in [1.807, 2.05) is 0 Å². The summed E-state index contributed by atoms with van der Waals surface area (Å²) in [6, 6.07) is 11.4. The summed E-state index contributed by atoms with van der Waals surface area (Å²) in [5, 5.41) is 3.70. The van der Waals surface area contributed by atoms with Crippen LogP contribution in [0.2, 0.25) is 10.2 Å². The first-order valence-corrected chi connectivity index (χ1v) is 9.37. The van der Waals surface area contributed by atoms with Crippen LogP contribution in [0.1, 0.15) is 0 Å². The molecule has 0 saturated carbocycles. The smallest absolute Gasteiger partial charge is 0.275 e. The van der Waals surface area contributed by atoms with E-state index in [2.05, 4.69) is 15.3 Å². The lowest BCUT2D eigenvalue weighted by molar-refractivity contribution is -0.113. The lowest BCUT2D eigenvalue weighted by atomic mass is 10.3. The molecule has 7 nitrogen and oxygen atoms in total. The molecule has 0 radical (unpaired) electrons. The Kier molecular flexibility index (Phi) is 6.00. The highest BCUT2D eigenvalue weighted by Crippen LogP contribution is 2.24. The number of nitrogens with one attached hydrogen (secondary N) is 1. The SMILES string of the molecule is Nc1cc(=O)nc(SCC(=O)Nc2cccnc2Cl)n1-c1ccc(Cl)cc1. The summed E-state index contributed by atoms with van der Waals surface area (Å²) in [5.74, 6) is -0.126. The van der Waals surface area contributed by atoms with E-state index in [9.17, 15) is 9.59 Å². The fraction of sp³-hybridized carbons (Fsp3) is 0.0588. The molecule has 0 spiro atoms. The van der Waals surface area contributed by atoms with E-state index in [0.717, 1.165) is 11.8 Å². The molecule has 0 aliphatic carbocycles. The molecule has 0 aliphatic rings. The van der Waals surface area contributed by atoms with Gasteiger partial charge in [0.25, 0.3) is 5.56 Å². The van der Waals surface area contributed by atoms with Crippen molar-refractivity contribution in [2.75, 3.05) is 16.8 Å². The fourth-order valence-corrected chi connectivity index (χ4v) is 3.34. The molecule has 27 heavy (non-hydrogen) atoms. The third-order valence-electron chi connectivity index (χ3n) is 3.38. The number of pyridine rings is 1. The average Bonchev–Trinajstić information content (AvgIpc) is 2.63. The van der Waals surface area contributed by atoms with Gasteiger partial charge in [0, 0.05) is 23.0 Å². The minimum Gasteiger partial charge on any atom is -0.385 e. The molecule has 2 heterocycles. The van der Waals surface area contributed by atoms with E-state index in [1.165, 1.54) is 12.3 Å². The second-order valence-corrected chi connectivity index (χ2v) is 7.03. The molecular weight excluding hydrogens is 409 g/mol. The molecule has 0 bridgehead atoms. The number of benzene rings is 1. The number of halogens is 2. The molecule has 1 aromatic carbocycles. The Balaban J connectivity index is 1.82. The van der Waals surface area contributed by atoms with E-state index < -0.39 is 5.56 Å². The van der Waals surface area contributed by atoms with Crippen molar-refractivity contribution in [2.45, 2.75) is 5.16 Å². The number of nitrogen functional groups attached to an aromatic ring is 1. The highest BCUT2D eigenvalue weighted by atomic mass is 35.5. The molecule has 0 saturated heterocycles. The van der Waals surface area contributed by atoms with Crippen LogP contribution in [0.5, 0.6) is 0 Å². The van der Waals surface area contributed by atoms with Gasteiger partial charge in [-0.05, 0) is 36.4 Å². The van der Waals surface area contributed by atoms with Crippen molar-refractivity contribution < 1.29 is 4.79 Å². The quantitative estimate of drug-likeness (QED) is 0.372. The number of anilines is 2. The number of hydrogen-bond donors (Lipinski definition) is 2. The Bertz CT molecular complexity index is 1040. The minimum atomic E-state index is -0.490. The van der Waals surface area contributed by atoms with Gasteiger partial charge in [0.05, 0.1) is 11.4 Å². The summed E-state index contributed by atoms with van der Waals surface area (Å²) in [6.45, 7) is 0. The maximum atomic E-state index is 12.2. The van der Waals surface area contributed by atoms with Gasteiger partial charge < -0.3 is 11.1 Å². The minimum absolute atomic E-state index is 0.00525. The summed E-state index contributed by atoms with van der Waals surface area (Å²) in [7, 11) is 0. The lowest BCUT2D eigenvalue weighted by Gasteiger charge is -2.14. The highest BCUT2D eigenvalue weighted by molar-refractivity contribution is 7.99. The first-order valence-electron chi connectivity index (χ1n) is 7.63. The number of nitrogens with two attached hydrogens (primary N) is 1. The van der Waals surface area contributed by atoms with Crippen molar-refractivity contribution in [3.05, 3.63) is 69.2 Å². The van der Waals surface area contributed by atoms with Crippen LogP contribution in [0.3, 0.4) is 0 Å². The normalized spacial score (nSPS) is 10.6. The molecule has 0 atom stereocenters.